The highest BCUT2D eigenvalue weighted by molar-refractivity contribution is 6.99. The molecular formula is C13H21N3O2S. The predicted octanol–water partition coefficient (Wildman–Crippen LogP) is 2.06. The third kappa shape index (κ3) is 4.26. The van der Waals surface area contributed by atoms with E-state index >= 15 is 0 Å². The second-order valence-corrected chi connectivity index (χ2v) is 5.10. The van der Waals surface area contributed by atoms with E-state index in [1.54, 1.807) is 0 Å². The lowest BCUT2D eigenvalue weighted by Gasteiger charge is -2.22. The van der Waals surface area contributed by atoms with Crippen LogP contribution in [0, 0.1) is 0 Å². The van der Waals surface area contributed by atoms with Crippen LogP contribution in [0.3, 0.4) is 0 Å². The van der Waals surface area contributed by atoms with Gasteiger partial charge in [0.25, 0.3) is 5.88 Å². The van der Waals surface area contributed by atoms with E-state index in [1.165, 1.54) is 17.3 Å². The molecule has 0 N–H and O–H groups in total. The minimum absolute atomic E-state index is 0.627. The molecule has 106 valence electrons. The summed E-state index contributed by atoms with van der Waals surface area (Å²) >= 11 is 1.21. The fourth-order valence-corrected chi connectivity index (χ4v) is 2.54. The zero-order valence-corrected chi connectivity index (χ0v) is 12.4. The molecular weight excluding hydrogens is 262 g/mol. The van der Waals surface area contributed by atoms with Crippen molar-refractivity contribution in [1.82, 2.24) is 13.6 Å². The molecule has 1 aliphatic heterocycles. The first-order valence-corrected chi connectivity index (χ1v) is 7.45. The van der Waals surface area contributed by atoms with E-state index in [1.807, 2.05) is 6.92 Å². The Balaban J connectivity index is 1.88. The molecule has 0 bridgehead atoms. The van der Waals surface area contributed by atoms with Gasteiger partial charge in [0.05, 0.1) is 18.3 Å². The Morgan fingerprint density at radius 2 is 2.26 bits per heavy atom. The first-order chi connectivity index (χ1) is 9.31. The Labute approximate surface area is 118 Å². The number of hydrogen-bond acceptors (Lipinski definition) is 6. The largest absolute Gasteiger partial charge is 0.475 e. The summed E-state index contributed by atoms with van der Waals surface area (Å²) in [5.74, 6) is 0.669. The van der Waals surface area contributed by atoms with Crippen molar-refractivity contribution in [2.24, 2.45) is 0 Å². The Bertz CT molecular complexity index is 420. The van der Waals surface area contributed by atoms with E-state index in [-0.39, 0.29) is 0 Å². The van der Waals surface area contributed by atoms with Gasteiger partial charge in [-0.2, -0.15) is 4.37 Å². The molecule has 1 aromatic heterocycles. The van der Waals surface area contributed by atoms with Crippen molar-refractivity contribution in [3.8, 4) is 5.88 Å². The van der Waals surface area contributed by atoms with Crippen molar-refractivity contribution in [2.75, 3.05) is 40.0 Å². The van der Waals surface area contributed by atoms with Crippen LogP contribution >= 0.6 is 11.7 Å². The van der Waals surface area contributed by atoms with Gasteiger partial charge in [0.1, 0.15) is 5.69 Å². The summed E-state index contributed by atoms with van der Waals surface area (Å²) < 4.78 is 19.6. The molecule has 0 saturated carbocycles. The minimum atomic E-state index is 0.627. The number of likely N-dealkylation sites (N-methyl/N-ethyl adjacent to an activating group) is 1. The molecule has 0 saturated heterocycles. The smallest absolute Gasteiger partial charge is 0.253 e. The van der Waals surface area contributed by atoms with Gasteiger partial charge in [0.2, 0.25) is 0 Å². The molecule has 0 spiro atoms. The molecule has 0 aliphatic carbocycles. The summed E-state index contributed by atoms with van der Waals surface area (Å²) in [6.45, 7) is 6.13. The van der Waals surface area contributed by atoms with Crippen molar-refractivity contribution >= 4 is 17.3 Å². The number of nitrogens with zero attached hydrogens (tertiary/aromatic N) is 3. The topological polar surface area (TPSA) is 47.5 Å². The Morgan fingerprint density at radius 1 is 1.37 bits per heavy atom. The highest BCUT2D eigenvalue weighted by Gasteiger charge is 2.18. The van der Waals surface area contributed by atoms with Crippen LogP contribution in [0.4, 0.5) is 0 Å². The predicted molar refractivity (Wildman–Crippen MR) is 76.6 cm³/mol. The van der Waals surface area contributed by atoms with Crippen molar-refractivity contribution in [3.63, 3.8) is 0 Å². The minimum Gasteiger partial charge on any atom is -0.475 e. The summed E-state index contributed by atoms with van der Waals surface area (Å²) in [5.41, 5.74) is 2.13. The third-order valence-corrected chi connectivity index (χ3v) is 3.49. The van der Waals surface area contributed by atoms with E-state index in [4.69, 9.17) is 9.47 Å². The Morgan fingerprint density at radius 3 is 3.05 bits per heavy atom. The molecule has 0 unspecified atom stereocenters. The van der Waals surface area contributed by atoms with Crippen LogP contribution in [0.15, 0.2) is 6.08 Å². The molecule has 0 atom stereocenters. The first-order valence-electron chi connectivity index (χ1n) is 6.72. The van der Waals surface area contributed by atoms with Crippen LogP contribution < -0.4 is 4.74 Å². The molecule has 1 aliphatic rings. The third-order valence-electron chi connectivity index (χ3n) is 2.98. The molecule has 0 aromatic carbocycles. The van der Waals surface area contributed by atoms with Crippen LogP contribution in [-0.4, -0.2) is 53.6 Å². The van der Waals surface area contributed by atoms with Crippen LogP contribution in [-0.2, 0) is 4.74 Å². The van der Waals surface area contributed by atoms with Gasteiger partial charge in [-0.3, -0.25) is 0 Å². The van der Waals surface area contributed by atoms with E-state index < -0.39 is 0 Å². The van der Waals surface area contributed by atoms with Crippen LogP contribution in [0.2, 0.25) is 0 Å². The van der Waals surface area contributed by atoms with Gasteiger partial charge in [0, 0.05) is 32.7 Å². The molecule has 5 nitrogen and oxygen atoms in total. The SMILES string of the molecule is CCOCCCOc1nsnc1C1=CCCN(C)C1. The number of aromatic nitrogens is 2. The van der Waals surface area contributed by atoms with Gasteiger partial charge in [-0.1, -0.05) is 6.08 Å². The molecule has 2 rings (SSSR count). The molecule has 2 heterocycles. The van der Waals surface area contributed by atoms with Gasteiger partial charge in [-0.15, -0.1) is 4.37 Å². The van der Waals surface area contributed by atoms with Crippen LogP contribution in [0.25, 0.3) is 5.57 Å². The van der Waals surface area contributed by atoms with Crippen LogP contribution in [0.1, 0.15) is 25.5 Å². The zero-order chi connectivity index (χ0) is 13.5. The maximum absolute atomic E-state index is 5.71. The van der Waals surface area contributed by atoms with Crippen LogP contribution in [0.5, 0.6) is 5.88 Å². The highest BCUT2D eigenvalue weighted by atomic mass is 32.1. The van der Waals surface area contributed by atoms with E-state index in [9.17, 15) is 0 Å². The number of ether oxygens (including phenoxy) is 2. The van der Waals surface area contributed by atoms with Crippen molar-refractivity contribution < 1.29 is 9.47 Å². The zero-order valence-electron chi connectivity index (χ0n) is 11.6. The fourth-order valence-electron chi connectivity index (χ4n) is 2.01. The highest BCUT2D eigenvalue weighted by Crippen LogP contribution is 2.26. The summed E-state index contributed by atoms with van der Waals surface area (Å²) in [6, 6.07) is 0. The first kappa shape index (κ1) is 14.4. The molecule has 0 radical (unpaired) electrons. The second-order valence-electron chi connectivity index (χ2n) is 4.57. The maximum Gasteiger partial charge on any atom is 0.253 e. The molecule has 1 aromatic rings. The number of rotatable bonds is 7. The maximum atomic E-state index is 5.71. The average molecular weight is 283 g/mol. The molecule has 0 fully saturated rings. The lowest BCUT2D eigenvalue weighted by molar-refractivity contribution is 0.130. The quantitative estimate of drug-likeness (QED) is 0.717. The van der Waals surface area contributed by atoms with Gasteiger partial charge in [-0.05, 0) is 26.0 Å². The lowest BCUT2D eigenvalue weighted by Crippen LogP contribution is -2.25. The van der Waals surface area contributed by atoms with Crippen molar-refractivity contribution in [1.29, 1.82) is 0 Å². The fraction of sp³-hybridized carbons (Fsp3) is 0.692. The summed E-state index contributed by atoms with van der Waals surface area (Å²) in [6.07, 6.45) is 4.18. The molecule has 19 heavy (non-hydrogen) atoms. The van der Waals surface area contributed by atoms with E-state index in [0.717, 1.165) is 44.8 Å². The molecule has 6 heteroatoms. The van der Waals surface area contributed by atoms with Gasteiger partial charge in [0.15, 0.2) is 0 Å². The number of hydrogen-bond donors (Lipinski definition) is 0. The van der Waals surface area contributed by atoms with E-state index in [2.05, 4.69) is 26.8 Å². The second kappa shape index (κ2) is 7.57. The lowest BCUT2D eigenvalue weighted by atomic mass is 10.1. The van der Waals surface area contributed by atoms with Gasteiger partial charge < -0.3 is 14.4 Å². The monoisotopic (exact) mass is 283 g/mol. The van der Waals surface area contributed by atoms with Crippen molar-refractivity contribution in [2.45, 2.75) is 19.8 Å². The standard InChI is InChI=1S/C13H21N3O2S/c1-3-17-8-5-9-18-13-12(14-19-15-13)11-6-4-7-16(2)10-11/h6H,3-5,7-10H2,1-2H3. The summed E-state index contributed by atoms with van der Waals surface area (Å²) in [7, 11) is 2.12. The van der Waals surface area contributed by atoms with E-state index in [0.29, 0.717) is 12.5 Å². The average Bonchev–Trinajstić information content (AvgIpc) is 2.87. The Hall–Kier alpha value is -0.980. The summed E-state index contributed by atoms with van der Waals surface area (Å²) in [5, 5.41) is 0. The van der Waals surface area contributed by atoms with Gasteiger partial charge in [-0.25, -0.2) is 0 Å². The molecule has 0 amide bonds. The Kier molecular flexibility index (Phi) is 5.75. The summed E-state index contributed by atoms with van der Waals surface area (Å²) in [4.78, 5) is 2.29. The van der Waals surface area contributed by atoms with Crippen molar-refractivity contribution in [3.05, 3.63) is 11.8 Å². The van der Waals surface area contributed by atoms with Gasteiger partial charge >= 0.3 is 0 Å². The normalized spacial score (nSPS) is 16.4.